The van der Waals surface area contributed by atoms with Crippen LogP contribution in [0.15, 0.2) is 48.7 Å². The molecule has 0 radical (unpaired) electrons. The van der Waals surface area contributed by atoms with Gasteiger partial charge in [-0.05, 0) is 110 Å². The zero-order chi connectivity index (χ0) is 28.4. The molecule has 0 bridgehead atoms. The lowest BCUT2D eigenvalue weighted by molar-refractivity contribution is 0.0411. The van der Waals surface area contributed by atoms with E-state index in [1.807, 2.05) is 30.1 Å². The molecule has 1 aromatic heterocycles. The second kappa shape index (κ2) is 11.9. The summed E-state index contributed by atoms with van der Waals surface area (Å²) in [4.78, 5) is 12.6. The van der Waals surface area contributed by atoms with Crippen molar-refractivity contribution in [3.8, 4) is 0 Å². The molecule has 3 aromatic rings. The van der Waals surface area contributed by atoms with E-state index in [1.165, 1.54) is 12.1 Å². The number of nitrogens with one attached hydrogen (secondary N) is 2. The summed E-state index contributed by atoms with van der Waals surface area (Å²) in [7, 11) is 1.91. The van der Waals surface area contributed by atoms with Gasteiger partial charge in [-0.15, -0.1) is 0 Å². The molecule has 1 aliphatic carbocycles. The maximum absolute atomic E-state index is 13.9. The van der Waals surface area contributed by atoms with Gasteiger partial charge in [0.2, 0.25) is 0 Å². The summed E-state index contributed by atoms with van der Waals surface area (Å²) in [6.45, 7) is 5.34. The number of amides is 1. The molecule has 0 saturated carbocycles. The first-order valence-electron chi connectivity index (χ1n) is 13.0. The van der Waals surface area contributed by atoms with E-state index in [0.29, 0.717) is 12.0 Å². The van der Waals surface area contributed by atoms with Gasteiger partial charge in [-0.3, -0.25) is 4.68 Å². The number of rotatable bonds is 8. The smallest absolute Gasteiger partial charge is 0.407 e. The zero-order valence-electron chi connectivity index (χ0n) is 22.6. The van der Waals surface area contributed by atoms with Crippen molar-refractivity contribution in [2.75, 3.05) is 6.54 Å². The Hall–Kier alpha value is -2.57. The average molecular weight is 653 g/mol. The first kappa shape index (κ1) is 29.4. The molecule has 3 atom stereocenters. The molecule has 1 aliphatic rings. The molecule has 39 heavy (non-hydrogen) atoms. The first-order chi connectivity index (χ1) is 18.3. The summed E-state index contributed by atoms with van der Waals surface area (Å²) in [5.74, 6) is -1.44. The number of alkyl carbamates (subject to hydrolysis) is 1. The van der Waals surface area contributed by atoms with E-state index < -0.39 is 41.0 Å². The molecule has 0 aliphatic heterocycles. The fourth-order valence-electron chi connectivity index (χ4n) is 5.14. The minimum absolute atomic E-state index is 0.0136. The van der Waals surface area contributed by atoms with Crippen LogP contribution in [0.2, 0.25) is 0 Å². The third-order valence-corrected chi connectivity index (χ3v) is 7.51. The quantitative estimate of drug-likeness (QED) is 0.306. The maximum atomic E-state index is 13.9. The van der Waals surface area contributed by atoms with Crippen LogP contribution in [0, 0.1) is 15.2 Å². The summed E-state index contributed by atoms with van der Waals surface area (Å²) in [5.41, 5.74) is 2.40. The van der Waals surface area contributed by atoms with Gasteiger partial charge in [0.25, 0.3) is 0 Å². The molecule has 1 amide bonds. The Bertz CT molecular complexity index is 1310. The third kappa shape index (κ3) is 7.76. The minimum atomic E-state index is -1.08. The number of halogens is 3. The number of hydrogen-bond acceptors (Lipinski definition) is 5. The van der Waals surface area contributed by atoms with Gasteiger partial charge < -0.3 is 20.5 Å². The fourth-order valence-corrected chi connectivity index (χ4v) is 5.68. The van der Waals surface area contributed by atoms with Crippen molar-refractivity contribution in [3.63, 3.8) is 0 Å². The van der Waals surface area contributed by atoms with Crippen molar-refractivity contribution < 1.29 is 23.4 Å². The maximum Gasteiger partial charge on any atom is 0.407 e. The Morgan fingerprint density at radius 1 is 1.23 bits per heavy atom. The van der Waals surface area contributed by atoms with Crippen LogP contribution in [-0.2, 0) is 36.6 Å². The number of aliphatic hydroxyl groups excluding tert-OH is 1. The predicted octanol–water partition coefficient (Wildman–Crippen LogP) is 4.77. The lowest BCUT2D eigenvalue weighted by Gasteiger charge is -2.40. The highest BCUT2D eigenvalue weighted by Crippen LogP contribution is 2.37. The third-order valence-electron chi connectivity index (χ3n) is 6.84. The number of hydrogen-bond donors (Lipinski definition) is 3. The Kier molecular flexibility index (Phi) is 8.97. The molecular formula is C29H35F2IN4O3. The summed E-state index contributed by atoms with van der Waals surface area (Å²) in [6, 6.07) is 10.6. The lowest BCUT2D eigenvalue weighted by atomic mass is 9.75. The average Bonchev–Trinajstić information content (AvgIpc) is 3.19. The molecule has 210 valence electrons. The van der Waals surface area contributed by atoms with E-state index in [1.54, 1.807) is 20.8 Å². The second-order valence-corrected chi connectivity index (χ2v) is 12.5. The largest absolute Gasteiger partial charge is 0.444 e. The first-order valence-corrected chi connectivity index (χ1v) is 14.0. The summed E-state index contributed by atoms with van der Waals surface area (Å²) in [5, 5.41) is 22.3. The molecule has 7 nitrogen and oxygen atoms in total. The van der Waals surface area contributed by atoms with Crippen LogP contribution in [0.5, 0.6) is 0 Å². The summed E-state index contributed by atoms with van der Waals surface area (Å²) in [6.07, 6.45) is 2.46. The number of aliphatic hydroxyl groups is 1. The van der Waals surface area contributed by atoms with E-state index in [4.69, 9.17) is 4.74 Å². The normalized spacial score (nSPS) is 18.8. The van der Waals surface area contributed by atoms with Gasteiger partial charge in [-0.2, -0.15) is 5.10 Å². The molecule has 2 aromatic carbocycles. The summed E-state index contributed by atoms with van der Waals surface area (Å²) < 4.78 is 36.2. The fraction of sp³-hybridized carbons (Fsp3) is 0.448. The van der Waals surface area contributed by atoms with Gasteiger partial charge in [0.15, 0.2) is 0 Å². The van der Waals surface area contributed by atoms with Gasteiger partial charge in [0.05, 0.1) is 17.8 Å². The number of fused-ring (bicyclic) bond motifs is 1. The van der Waals surface area contributed by atoms with Gasteiger partial charge in [0, 0.05) is 35.0 Å². The van der Waals surface area contributed by atoms with Crippen molar-refractivity contribution >= 4 is 28.7 Å². The monoisotopic (exact) mass is 652 g/mol. The number of carbonyl (C=O) groups excluding carboxylic acids is 1. The van der Waals surface area contributed by atoms with Crippen LogP contribution in [0.1, 0.15) is 49.6 Å². The van der Waals surface area contributed by atoms with Crippen molar-refractivity contribution in [2.24, 2.45) is 7.05 Å². The van der Waals surface area contributed by atoms with Gasteiger partial charge in [-0.1, -0.05) is 12.1 Å². The van der Waals surface area contributed by atoms with Crippen LogP contribution in [0.3, 0.4) is 0 Å². The highest BCUT2D eigenvalue weighted by Gasteiger charge is 2.38. The highest BCUT2D eigenvalue weighted by atomic mass is 127. The lowest BCUT2D eigenvalue weighted by Crippen LogP contribution is -2.54. The number of benzene rings is 2. The second-order valence-electron chi connectivity index (χ2n) is 11.2. The Morgan fingerprint density at radius 2 is 1.95 bits per heavy atom. The standard InChI is InChI=1S/C29H35F2IN4O3/c1-28(2,3)39-27(38)34-25(12-18-10-21(30)14-22(31)11-18)26(37)16-33-29(20-6-5-7-23(32)13-20)9-8-24-19(15-29)17-36(4)35-24/h5-7,10-11,13-14,17,25-26,33,37H,8-9,12,15-16H2,1-4H3,(H,34,38)/t25-,26+,29?/m0/s1. The van der Waals surface area contributed by atoms with Crippen LogP contribution >= 0.6 is 22.6 Å². The molecule has 1 heterocycles. The Balaban J connectivity index is 1.58. The molecule has 1 unspecified atom stereocenters. The molecular weight excluding hydrogens is 617 g/mol. The van der Waals surface area contributed by atoms with Crippen molar-refractivity contribution in [1.82, 2.24) is 20.4 Å². The summed E-state index contributed by atoms with van der Waals surface area (Å²) >= 11 is 2.29. The number of aromatic nitrogens is 2. The SMILES string of the molecule is Cn1cc2c(n1)CCC(NC[C@@H](O)[C@H](Cc1cc(F)cc(F)c1)NC(=O)OC(C)(C)C)(c1cccc(I)c1)C2. The molecule has 3 N–H and O–H groups in total. The number of carbonyl (C=O) groups is 1. The Morgan fingerprint density at radius 3 is 2.62 bits per heavy atom. The number of aryl methyl sites for hydroxylation is 2. The van der Waals surface area contributed by atoms with Crippen molar-refractivity contribution in [3.05, 3.63) is 86.3 Å². The van der Waals surface area contributed by atoms with E-state index >= 15 is 0 Å². The molecule has 0 saturated heterocycles. The van der Waals surface area contributed by atoms with Crippen LogP contribution in [0.4, 0.5) is 13.6 Å². The van der Waals surface area contributed by atoms with Gasteiger partial charge in [0.1, 0.15) is 17.2 Å². The van der Waals surface area contributed by atoms with Gasteiger partial charge in [-0.25, -0.2) is 13.6 Å². The van der Waals surface area contributed by atoms with Crippen LogP contribution < -0.4 is 10.6 Å². The van der Waals surface area contributed by atoms with E-state index in [2.05, 4.69) is 50.5 Å². The van der Waals surface area contributed by atoms with Crippen molar-refractivity contribution in [1.29, 1.82) is 0 Å². The molecule has 10 heteroatoms. The molecule has 4 rings (SSSR count). The van der Waals surface area contributed by atoms with Gasteiger partial charge >= 0.3 is 6.09 Å². The Labute approximate surface area is 241 Å². The zero-order valence-corrected chi connectivity index (χ0v) is 24.8. The van der Waals surface area contributed by atoms with E-state index in [-0.39, 0.29) is 13.0 Å². The van der Waals surface area contributed by atoms with Crippen LogP contribution in [-0.4, -0.2) is 45.3 Å². The molecule has 0 fully saturated rings. The predicted molar refractivity (Wildman–Crippen MR) is 153 cm³/mol. The minimum Gasteiger partial charge on any atom is -0.444 e. The van der Waals surface area contributed by atoms with Crippen LogP contribution in [0.25, 0.3) is 0 Å². The van der Waals surface area contributed by atoms with Crippen molar-refractivity contribution in [2.45, 2.75) is 69.7 Å². The van der Waals surface area contributed by atoms with E-state index in [0.717, 1.165) is 39.3 Å². The number of ether oxygens (including phenoxy) is 1. The number of nitrogens with zero attached hydrogens (tertiary/aromatic N) is 2. The highest BCUT2D eigenvalue weighted by molar-refractivity contribution is 14.1. The topological polar surface area (TPSA) is 88.4 Å². The van der Waals surface area contributed by atoms with E-state index in [9.17, 15) is 18.7 Å². The molecule has 0 spiro atoms.